The number of nitrogens with one attached hydrogen (secondary N) is 1. The van der Waals surface area contributed by atoms with Gasteiger partial charge in [0.2, 0.25) is 0 Å². The summed E-state index contributed by atoms with van der Waals surface area (Å²) in [5, 5.41) is 3.54. The normalized spacial score (nSPS) is 17.7. The van der Waals surface area contributed by atoms with E-state index in [1.165, 1.54) is 11.3 Å². The van der Waals surface area contributed by atoms with Crippen LogP contribution < -0.4 is 10.2 Å². The Bertz CT molecular complexity index is 444. The molecule has 1 saturated heterocycles. The summed E-state index contributed by atoms with van der Waals surface area (Å²) in [5.41, 5.74) is 2.73. The topological polar surface area (TPSA) is 32.3 Å². The fourth-order valence-electron chi connectivity index (χ4n) is 2.21. The lowest BCUT2D eigenvalue weighted by molar-refractivity contribution is 0.424. The molecule has 0 amide bonds. The summed E-state index contributed by atoms with van der Waals surface area (Å²) >= 11 is 0. The van der Waals surface area contributed by atoms with Crippen LogP contribution in [0.5, 0.6) is 0 Å². The number of anilines is 1. The van der Waals surface area contributed by atoms with Gasteiger partial charge in [-0.1, -0.05) is 18.2 Å². The second-order valence-corrected chi connectivity index (χ2v) is 7.76. The zero-order valence-corrected chi connectivity index (χ0v) is 12.9. The Morgan fingerprint density at radius 3 is 2.47 bits per heavy atom. The van der Waals surface area contributed by atoms with Crippen molar-refractivity contribution in [1.29, 1.82) is 0 Å². The minimum atomic E-state index is -0.616. The molecule has 1 aliphatic heterocycles. The highest BCUT2D eigenvalue weighted by Crippen LogP contribution is 2.22. The van der Waals surface area contributed by atoms with Crippen LogP contribution in [-0.2, 0) is 17.3 Å². The SMILES string of the molecule is CC(C)(C)NCc1ccccc1N1CCS(=O)CC1. The van der Waals surface area contributed by atoms with Crippen LogP contribution in [0.1, 0.15) is 26.3 Å². The number of para-hydroxylation sites is 1. The smallest absolute Gasteiger partial charge is 0.0412 e. The maximum atomic E-state index is 11.5. The van der Waals surface area contributed by atoms with Crippen molar-refractivity contribution in [2.24, 2.45) is 0 Å². The first-order valence-corrected chi connectivity index (χ1v) is 8.37. The van der Waals surface area contributed by atoms with E-state index in [0.717, 1.165) is 31.1 Å². The molecule has 1 fully saturated rings. The Morgan fingerprint density at radius 2 is 1.84 bits per heavy atom. The fourth-order valence-corrected chi connectivity index (χ4v) is 3.26. The lowest BCUT2D eigenvalue weighted by Crippen LogP contribution is -2.39. The van der Waals surface area contributed by atoms with Crippen LogP contribution in [0.4, 0.5) is 5.69 Å². The molecule has 1 N–H and O–H groups in total. The molecular weight excluding hydrogens is 256 g/mol. The zero-order chi connectivity index (χ0) is 13.9. The minimum absolute atomic E-state index is 0.122. The van der Waals surface area contributed by atoms with Crippen LogP contribution in [0.25, 0.3) is 0 Å². The molecule has 1 heterocycles. The van der Waals surface area contributed by atoms with Gasteiger partial charge < -0.3 is 10.2 Å². The van der Waals surface area contributed by atoms with Gasteiger partial charge in [-0.2, -0.15) is 0 Å². The average molecular weight is 280 g/mol. The van der Waals surface area contributed by atoms with Gasteiger partial charge >= 0.3 is 0 Å². The Labute approximate surface area is 118 Å². The predicted molar refractivity (Wildman–Crippen MR) is 83.1 cm³/mol. The molecule has 0 atom stereocenters. The summed E-state index contributed by atoms with van der Waals surface area (Å²) in [6, 6.07) is 8.53. The molecule has 3 nitrogen and oxygen atoms in total. The summed E-state index contributed by atoms with van der Waals surface area (Å²) in [6.45, 7) is 9.22. The molecule has 0 aliphatic carbocycles. The van der Waals surface area contributed by atoms with Crippen LogP contribution in [0.3, 0.4) is 0 Å². The van der Waals surface area contributed by atoms with E-state index in [-0.39, 0.29) is 5.54 Å². The lowest BCUT2D eigenvalue weighted by atomic mass is 10.1. The van der Waals surface area contributed by atoms with Crippen LogP contribution in [-0.4, -0.2) is 34.3 Å². The molecule has 0 aromatic heterocycles. The minimum Gasteiger partial charge on any atom is -0.369 e. The molecule has 1 aromatic rings. The summed E-state index contributed by atoms with van der Waals surface area (Å²) < 4.78 is 11.5. The number of rotatable bonds is 3. The van der Waals surface area contributed by atoms with Crippen molar-refractivity contribution < 1.29 is 4.21 Å². The summed E-state index contributed by atoms with van der Waals surface area (Å²) in [6.07, 6.45) is 0. The van der Waals surface area contributed by atoms with Crippen LogP contribution >= 0.6 is 0 Å². The van der Waals surface area contributed by atoms with E-state index in [1.807, 2.05) is 0 Å². The van der Waals surface area contributed by atoms with Gasteiger partial charge in [-0.3, -0.25) is 4.21 Å². The van der Waals surface area contributed by atoms with Gasteiger partial charge in [0.1, 0.15) is 0 Å². The van der Waals surface area contributed by atoms with Crippen molar-refractivity contribution in [1.82, 2.24) is 5.32 Å². The zero-order valence-electron chi connectivity index (χ0n) is 12.1. The summed E-state index contributed by atoms with van der Waals surface area (Å²) in [5.74, 6) is 1.59. The summed E-state index contributed by atoms with van der Waals surface area (Å²) in [7, 11) is -0.616. The maximum Gasteiger partial charge on any atom is 0.0412 e. The van der Waals surface area contributed by atoms with Crippen molar-refractivity contribution in [2.45, 2.75) is 32.9 Å². The maximum absolute atomic E-state index is 11.5. The number of benzene rings is 1. The van der Waals surface area contributed by atoms with Crippen molar-refractivity contribution in [3.8, 4) is 0 Å². The quantitative estimate of drug-likeness (QED) is 0.921. The van der Waals surface area contributed by atoms with Crippen molar-refractivity contribution in [3.05, 3.63) is 29.8 Å². The third kappa shape index (κ3) is 4.32. The second kappa shape index (κ2) is 6.06. The molecule has 0 bridgehead atoms. The first kappa shape index (κ1) is 14.5. The van der Waals surface area contributed by atoms with Gasteiger partial charge in [0.25, 0.3) is 0 Å². The molecule has 1 aromatic carbocycles. The van der Waals surface area contributed by atoms with Crippen LogP contribution in [0.15, 0.2) is 24.3 Å². The highest BCUT2D eigenvalue weighted by atomic mass is 32.2. The Hall–Kier alpha value is -0.870. The molecule has 1 aliphatic rings. The Balaban J connectivity index is 2.10. The molecule has 4 heteroatoms. The number of nitrogens with zero attached hydrogens (tertiary/aromatic N) is 1. The van der Waals surface area contributed by atoms with E-state index in [0.29, 0.717) is 0 Å². The van der Waals surface area contributed by atoms with E-state index in [2.05, 4.69) is 55.3 Å². The Morgan fingerprint density at radius 1 is 1.21 bits per heavy atom. The molecule has 0 unspecified atom stereocenters. The predicted octanol–water partition coefficient (Wildman–Crippen LogP) is 2.14. The average Bonchev–Trinajstić information content (AvgIpc) is 2.37. The molecule has 106 valence electrons. The Kier molecular flexibility index (Phi) is 4.63. The van der Waals surface area contributed by atoms with E-state index in [1.54, 1.807) is 0 Å². The number of hydrogen-bond donors (Lipinski definition) is 1. The van der Waals surface area contributed by atoms with Gasteiger partial charge in [-0.25, -0.2) is 0 Å². The van der Waals surface area contributed by atoms with Gasteiger partial charge in [0.05, 0.1) is 0 Å². The van der Waals surface area contributed by atoms with Crippen molar-refractivity contribution in [2.75, 3.05) is 29.5 Å². The van der Waals surface area contributed by atoms with Gasteiger partial charge in [-0.05, 0) is 32.4 Å². The highest BCUT2D eigenvalue weighted by Gasteiger charge is 2.18. The molecule has 0 spiro atoms. The first-order chi connectivity index (χ1) is 8.96. The van der Waals surface area contributed by atoms with Gasteiger partial charge in [-0.15, -0.1) is 0 Å². The third-order valence-electron chi connectivity index (χ3n) is 3.32. The van der Waals surface area contributed by atoms with E-state index >= 15 is 0 Å². The second-order valence-electron chi connectivity index (χ2n) is 6.07. The lowest BCUT2D eigenvalue weighted by Gasteiger charge is -2.31. The van der Waals surface area contributed by atoms with Crippen molar-refractivity contribution >= 4 is 16.5 Å². The molecule has 2 rings (SSSR count). The van der Waals surface area contributed by atoms with Gasteiger partial charge in [0.15, 0.2) is 0 Å². The molecule has 0 radical (unpaired) electrons. The molecule has 19 heavy (non-hydrogen) atoms. The highest BCUT2D eigenvalue weighted by molar-refractivity contribution is 7.85. The monoisotopic (exact) mass is 280 g/mol. The largest absolute Gasteiger partial charge is 0.369 e. The molecular formula is C15H24N2OS. The molecule has 0 saturated carbocycles. The van der Waals surface area contributed by atoms with Gasteiger partial charge in [0, 0.05) is 53.2 Å². The van der Waals surface area contributed by atoms with E-state index < -0.39 is 10.8 Å². The van der Waals surface area contributed by atoms with Crippen LogP contribution in [0.2, 0.25) is 0 Å². The summed E-state index contributed by atoms with van der Waals surface area (Å²) in [4.78, 5) is 2.36. The number of hydrogen-bond acceptors (Lipinski definition) is 3. The first-order valence-electron chi connectivity index (χ1n) is 6.88. The van der Waals surface area contributed by atoms with Crippen LogP contribution in [0, 0.1) is 0 Å². The third-order valence-corrected chi connectivity index (χ3v) is 4.60. The standard InChI is InChI=1S/C15H24N2OS/c1-15(2,3)16-12-13-6-4-5-7-14(13)17-8-10-19(18)11-9-17/h4-7,16H,8-12H2,1-3H3. The van der Waals surface area contributed by atoms with E-state index in [4.69, 9.17) is 0 Å². The van der Waals surface area contributed by atoms with Crippen molar-refractivity contribution in [3.63, 3.8) is 0 Å². The van der Waals surface area contributed by atoms with E-state index in [9.17, 15) is 4.21 Å². The fraction of sp³-hybridized carbons (Fsp3) is 0.600.